The summed E-state index contributed by atoms with van der Waals surface area (Å²) in [6.45, 7) is 8.73. The van der Waals surface area contributed by atoms with Crippen LogP contribution < -0.4 is 10.7 Å². The molecule has 232 valence electrons. The third-order valence-electron chi connectivity index (χ3n) is 7.84. The molecule has 1 aromatic heterocycles. The van der Waals surface area contributed by atoms with Crippen LogP contribution in [0.4, 0.5) is 10.5 Å². The van der Waals surface area contributed by atoms with Gasteiger partial charge < -0.3 is 10.1 Å². The predicted molar refractivity (Wildman–Crippen MR) is 167 cm³/mol. The van der Waals surface area contributed by atoms with Gasteiger partial charge in [-0.3, -0.25) is 20.2 Å². The van der Waals surface area contributed by atoms with E-state index in [1.165, 1.54) is 4.31 Å². The minimum atomic E-state index is -3.64. The number of morpholine rings is 1. The van der Waals surface area contributed by atoms with Crippen LogP contribution in [0, 0.1) is 0 Å². The SMILES string of the molecule is CC(C)N1CCN(S(=O)(=O)c2ccc(-c3n[nH]c4c3C(=O)c3c(NC(=O)NN5CCOCC5)cccc3-4)cc2)CC1.Cl.Cl. The average Bonchev–Trinajstić information content (AvgIpc) is 3.54. The van der Waals surface area contributed by atoms with Crippen molar-refractivity contribution in [1.29, 1.82) is 0 Å². The van der Waals surface area contributed by atoms with E-state index in [1.54, 1.807) is 47.5 Å². The number of sulfonamides is 1. The lowest BCUT2D eigenvalue weighted by Crippen LogP contribution is -2.50. The number of hydrogen-bond donors (Lipinski definition) is 3. The Hall–Kier alpha value is -3.04. The molecule has 6 rings (SSSR count). The first-order valence-corrected chi connectivity index (χ1v) is 15.2. The second-order valence-corrected chi connectivity index (χ2v) is 12.5. The van der Waals surface area contributed by atoms with E-state index in [1.807, 2.05) is 0 Å². The molecule has 2 amide bonds. The number of nitrogens with one attached hydrogen (secondary N) is 3. The maximum atomic E-state index is 13.7. The van der Waals surface area contributed by atoms with Crippen molar-refractivity contribution >= 4 is 52.3 Å². The van der Waals surface area contributed by atoms with Gasteiger partial charge in [0.15, 0.2) is 5.78 Å². The molecule has 43 heavy (non-hydrogen) atoms. The summed E-state index contributed by atoms with van der Waals surface area (Å²) in [5.41, 5.74) is 6.22. The number of carbonyl (C=O) groups is 2. The number of aromatic amines is 1. The van der Waals surface area contributed by atoms with Crippen molar-refractivity contribution in [3.05, 3.63) is 53.6 Å². The van der Waals surface area contributed by atoms with E-state index < -0.39 is 16.1 Å². The minimum absolute atomic E-state index is 0. The highest BCUT2D eigenvalue weighted by molar-refractivity contribution is 7.89. The van der Waals surface area contributed by atoms with Crippen molar-refractivity contribution < 1.29 is 22.7 Å². The highest BCUT2D eigenvalue weighted by Crippen LogP contribution is 2.43. The number of hydrazine groups is 1. The molecule has 0 unspecified atom stereocenters. The summed E-state index contributed by atoms with van der Waals surface area (Å²) in [5.74, 6) is -0.263. The van der Waals surface area contributed by atoms with Gasteiger partial charge >= 0.3 is 6.03 Å². The summed E-state index contributed by atoms with van der Waals surface area (Å²) in [7, 11) is -3.64. The number of amides is 2. The number of carbonyl (C=O) groups excluding carboxylic acids is 2. The van der Waals surface area contributed by atoms with Gasteiger partial charge in [0.2, 0.25) is 10.0 Å². The maximum Gasteiger partial charge on any atom is 0.333 e. The maximum absolute atomic E-state index is 13.7. The largest absolute Gasteiger partial charge is 0.379 e. The number of halogens is 2. The third-order valence-corrected chi connectivity index (χ3v) is 9.76. The molecule has 0 saturated carbocycles. The zero-order chi connectivity index (χ0) is 28.7. The van der Waals surface area contributed by atoms with Gasteiger partial charge in [0.05, 0.1) is 40.6 Å². The number of ketones is 1. The van der Waals surface area contributed by atoms with Gasteiger partial charge in [-0.2, -0.15) is 9.40 Å². The zero-order valence-corrected chi connectivity index (χ0v) is 26.3. The van der Waals surface area contributed by atoms with Crippen LogP contribution in [0.3, 0.4) is 0 Å². The van der Waals surface area contributed by atoms with Crippen molar-refractivity contribution in [2.45, 2.75) is 24.8 Å². The van der Waals surface area contributed by atoms with E-state index in [9.17, 15) is 18.0 Å². The summed E-state index contributed by atoms with van der Waals surface area (Å²) >= 11 is 0. The second-order valence-electron chi connectivity index (χ2n) is 10.6. The summed E-state index contributed by atoms with van der Waals surface area (Å²) in [6.07, 6.45) is 0. The van der Waals surface area contributed by atoms with Crippen LogP contribution in [0.1, 0.15) is 29.8 Å². The molecule has 12 nitrogen and oxygen atoms in total. The number of anilines is 1. The number of nitrogens with zero attached hydrogens (tertiary/aromatic N) is 4. The lowest BCUT2D eigenvalue weighted by atomic mass is 10.0. The van der Waals surface area contributed by atoms with Gasteiger partial charge in [-0.25, -0.2) is 18.2 Å². The molecule has 0 radical (unpaired) electrons. The number of hydrogen-bond acceptors (Lipinski definition) is 8. The van der Waals surface area contributed by atoms with Gasteiger partial charge in [-0.05, 0) is 32.0 Å². The van der Waals surface area contributed by atoms with Gasteiger partial charge in [0, 0.05) is 56.4 Å². The molecule has 2 saturated heterocycles. The third kappa shape index (κ3) is 6.29. The Labute approximate surface area is 263 Å². The fourth-order valence-electron chi connectivity index (χ4n) is 5.56. The smallest absolute Gasteiger partial charge is 0.333 e. The van der Waals surface area contributed by atoms with Crippen LogP contribution in [0.2, 0.25) is 0 Å². The Morgan fingerprint density at radius 1 is 0.953 bits per heavy atom. The molecule has 2 aliphatic heterocycles. The summed E-state index contributed by atoms with van der Waals surface area (Å²) in [5, 5.41) is 12.0. The van der Waals surface area contributed by atoms with Crippen LogP contribution in [0.5, 0.6) is 0 Å². The molecular weight excluding hydrogens is 617 g/mol. The van der Waals surface area contributed by atoms with Crippen molar-refractivity contribution in [2.24, 2.45) is 0 Å². The first kappa shape index (κ1) is 32.9. The lowest BCUT2D eigenvalue weighted by Gasteiger charge is -2.36. The van der Waals surface area contributed by atoms with E-state index in [4.69, 9.17) is 4.74 Å². The highest BCUT2D eigenvalue weighted by Gasteiger charge is 2.35. The molecule has 3 aliphatic rings. The molecule has 1 aliphatic carbocycles. The molecule has 3 heterocycles. The molecule has 2 fully saturated rings. The Bertz CT molecular complexity index is 1580. The number of H-pyrrole nitrogens is 1. The van der Waals surface area contributed by atoms with Gasteiger partial charge in [0.1, 0.15) is 5.69 Å². The number of rotatable bonds is 6. The van der Waals surface area contributed by atoms with Crippen LogP contribution in [-0.4, -0.2) is 103 Å². The number of aromatic nitrogens is 2. The fourth-order valence-corrected chi connectivity index (χ4v) is 6.99. The fraction of sp³-hybridized carbons (Fsp3) is 0.393. The van der Waals surface area contributed by atoms with Crippen molar-refractivity contribution in [3.8, 4) is 22.5 Å². The molecule has 0 spiro atoms. The number of ether oxygens (including phenoxy) is 1. The van der Waals surface area contributed by atoms with Gasteiger partial charge in [-0.15, -0.1) is 24.8 Å². The van der Waals surface area contributed by atoms with E-state index in [2.05, 4.69) is 39.7 Å². The van der Waals surface area contributed by atoms with Crippen LogP contribution >= 0.6 is 24.8 Å². The van der Waals surface area contributed by atoms with E-state index in [-0.39, 0.29) is 35.5 Å². The predicted octanol–water partition coefficient (Wildman–Crippen LogP) is 3.22. The van der Waals surface area contributed by atoms with E-state index in [0.717, 1.165) is 0 Å². The Morgan fingerprint density at radius 2 is 1.63 bits per heavy atom. The lowest BCUT2D eigenvalue weighted by molar-refractivity contribution is 0.0207. The van der Waals surface area contributed by atoms with Crippen LogP contribution in [-0.2, 0) is 14.8 Å². The van der Waals surface area contributed by atoms with E-state index >= 15 is 0 Å². The standard InChI is InChI=1S/C28H33N7O5S.2ClH/c1-18(2)33-10-12-35(13-11-33)41(38,39)20-8-6-19(7-9-20)25-24-26(31-30-25)21-4-3-5-22(23(21)27(24)36)29-28(37)32-34-14-16-40-17-15-34;;/h3-9,18H,10-17H2,1-2H3,(H,30,31)(H2,29,32,37);2*1H. The van der Waals surface area contributed by atoms with Gasteiger partial charge in [0.25, 0.3) is 0 Å². The van der Waals surface area contributed by atoms with E-state index in [0.29, 0.717) is 97.9 Å². The Morgan fingerprint density at radius 3 is 2.28 bits per heavy atom. The summed E-state index contributed by atoms with van der Waals surface area (Å²) in [6, 6.07) is 11.7. The number of fused-ring (bicyclic) bond motifs is 3. The second kappa shape index (κ2) is 13.3. The molecule has 3 aromatic rings. The summed E-state index contributed by atoms with van der Waals surface area (Å²) in [4.78, 5) is 28.8. The number of urea groups is 1. The molecule has 3 N–H and O–H groups in total. The van der Waals surface area contributed by atoms with Crippen molar-refractivity contribution in [2.75, 3.05) is 57.8 Å². The molecule has 15 heteroatoms. The summed E-state index contributed by atoms with van der Waals surface area (Å²) < 4.78 is 33.4. The Balaban J connectivity index is 0.00000212. The molecule has 0 bridgehead atoms. The van der Waals surface area contributed by atoms with Crippen molar-refractivity contribution in [1.82, 2.24) is 29.8 Å². The van der Waals surface area contributed by atoms with Crippen LogP contribution in [0.15, 0.2) is 47.4 Å². The minimum Gasteiger partial charge on any atom is -0.379 e. The van der Waals surface area contributed by atoms with Crippen LogP contribution in [0.25, 0.3) is 22.5 Å². The molecular formula is C28H35Cl2N7O5S. The van der Waals surface area contributed by atoms with Crippen molar-refractivity contribution in [3.63, 3.8) is 0 Å². The normalized spacial score (nSPS) is 17.5. The first-order chi connectivity index (χ1) is 19.7. The molecule has 2 aromatic carbocycles. The topological polar surface area (TPSA) is 140 Å². The molecule has 0 atom stereocenters. The monoisotopic (exact) mass is 651 g/mol. The number of piperazine rings is 1. The first-order valence-electron chi connectivity index (χ1n) is 13.8. The quantitative estimate of drug-likeness (QED) is 0.289. The highest BCUT2D eigenvalue weighted by atomic mass is 35.5. The average molecular weight is 653 g/mol. The zero-order valence-electron chi connectivity index (χ0n) is 23.8. The number of benzene rings is 2. The Kier molecular flexibility index (Phi) is 10.2. The van der Waals surface area contributed by atoms with Gasteiger partial charge in [-0.1, -0.05) is 24.3 Å².